The zero-order valence-electron chi connectivity index (χ0n) is 16.2. The van der Waals surface area contributed by atoms with Gasteiger partial charge in [-0.05, 0) is 48.6 Å². The first-order valence-corrected chi connectivity index (χ1v) is 9.44. The minimum Gasteiger partial charge on any atom is -0.294 e. The zero-order valence-corrected chi connectivity index (χ0v) is 16.2. The molecule has 0 radical (unpaired) electrons. The number of Topliss-reactive ketones (excluding diaryl/α,β-unsaturated/α-hetero) is 1. The van der Waals surface area contributed by atoms with Gasteiger partial charge in [-0.3, -0.25) is 4.79 Å². The molecule has 1 aromatic heterocycles. The van der Waals surface area contributed by atoms with E-state index >= 15 is 0 Å². The number of ketones is 1. The fourth-order valence-electron chi connectivity index (χ4n) is 4.21. The standard InChI is InChI=1S/C22H30N2O/c1-15-12-19-21(20(25)13-15)18(11-16(2)14-22(3,4)5)23-24(19)17-9-7-6-8-10-17/h6-10,15-16H,11-14H2,1-5H3. The Balaban J connectivity index is 2.00. The maximum absolute atomic E-state index is 12.8. The molecule has 2 atom stereocenters. The summed E-state index contributed by atoms with van der Waals surface area (Å²) in [4.78, 5) is 12.8. The molecule has 1 aliphatic rings. The van der Waals surface area contributed by atoms with Gasteiger partial charge in [0.05, 0.1) is 22.6 Å². The number of carbonyl (C=O) groups is 1. The van der Waals surface area contributed by atoms with E-state index in [9.17, 15) is 4.79 Å². The fraction of sp³-hybridized carbons (Fsp3) is 0.545. The Morgan fingerprint density at radius 2 is 1.88 bits per heavy atom. The molecule has 2 aromatic rings. The van der Waals surface area contributed by atoms with Crippen LogP contribution in [0.25, 0.3) is 5.69 Å². The lowest BCUT2D eigenvalue weighted by molar-refractivity contribution is 0.0951. The molecule has 2 unspecified atom stereocenters. The highest BCUT2D eigenvalue weighted by atomic mass is 16.1. The van der Waals surface area contributed by atoms with E-state index in [4.69, 9.17) is 5.10 Å². The average Bonchev–Trinajstić information content (AvgIpc) is 2.84. The van der Waals surface area contributed by atoms with Gasteiger partial charge in [-0.2, -0.15) is 5.10 Å². The molecule has 0 bridgehead atoms. The first-order chi connectivity index (χ1) is 11.7. The summed E-state index contributed by atoms with van der Waals surface area (Å²) in [5.74, 6) is 1.17. The second-order valence-corrected chi connectivity index (χ2v) is 9.03. The Bertz CT molecular complexity index is 752. The fourth-order valence-corrected chi connectivity index (χ4v) is 4.21. The minimum atomic E-state index is 0.272. The lowest BCUT2D eigenvalue weighted by Crippen LogP contribution is -2.20. The van der Waals surface area contributed by atoms with Crippen LogP contribution in [0.5, 0.6) is 0 Å². The SMILES string of the molecule is CC1CC(=O)c2c(CC(C)CC(C)(C)C)nn(-c3ccccc3)c2C1. The molecule has 0 saturated heterocycles. The molecule has 0 amide bonds. The molecule has 0 N–H and O–H groups in total. The van der Waals surface area contributed by atoms with E-state index in [2.05, 4.69) is 46.8 Å². The van der Waals surface area contributed by atoms with Crippen molar-refractivity contribution in [2.24, 2.45) is 17.3 Å². The van der Waals surface area contributed by atoms with Crippen molar-refractivity contribution >= 4 is 5.78 Å². The molecule has 1 aliphatic carbocycles. The third-order valence-corrected chi connectivity index (χ3v) is 4.91. The molecule has 0 aliphatic heterocycles. The molecule has 3 rings (SSSR count). The van der Waals surface area contributed by atoms with Crippen molar-refractivity contribution in [2.75, 3.05) is 0 Å². The van der Waals surface area contributed by atoms with E-state index in [1.54, 1.807) is 0 Å². The second kappa shape index (κ2) is 6.78. The summed E-state index contributed by atoms with van der Waals surface area (Å²) in [5.41, 5.74) is 4.35. The topological polar surface area (TPSA) is 34.9 Å². The van der Waals surface area contributed by atoms with Crippen molar-refractivity contribution in [1.82, 2.24) is 9.78 Å². The van der Waals surface area contributed by atoms with E-state index < -0.39 is 0 Å². The van der Waals surface area contributed by atoms with Crippen LogP contribution < -0.4 is 0 Å². The van der Waals surface area contributed by atoms with E-state index in [-0.39, 0.29) is 5.78 Å². The van der Waals surface area contributed by atoms with Gasteiger partial charge in [0.15, 0.2) is 5.78 Å². The van der Waals surface area contributed by atoms with Crippen LogP contribution in [-0.2, 0) is 12.8 Å². The highest BCUT2D eigenvalue weighted by Crippen LogP contribution is 2.33. The molecular weight excluding hydrogens is 308 g/mol. The number of benzene rings is 1. The number of hydrogen-bond donors (Lipinski definition) is 0. The second-order valence-electron chi connectivity index (χ2n) is 9.03. The van der Waals surface area contributed by atoms with E-state index in [1.165, 1.54) is 0 Å². The lowest BCUT2D eigenvalue weighted by atomic mass is 9.81. The van der Waals surface area contributed by atoms with Crippen molar-refractivity contribution in [3.05, 3.63) is 47.3 Å². The summed E-state index contributed by atoms with van der Waals surface area (Å²) < 4.78 is 2.02. The van der Waals surface area contributed by atoms with Gasteiger partial charge in [0, 0.05) is 6.42 Å². The predicted octanol–water partition coefficient (Wildman–Crippen LogP) is 5.25. The molecule has 1 aromatic carbocycles. The molecular formula is C22H30N2O. The van der Waals surface area contributed by atoms with Gasteiger partial charge in [0.25, 0.3) is 0 Å². The largest absolute Gasteiger partial charge is 0.294 e. The van der Waals surface area contributed by atoms with E-state index in [0.717, 1.165) is 41.9 Å². The summed E-state index contributed by atoms with van der Waals surface area (Å²) in [6.07, 6.45) is 3.58. The number of hydrogen-bond acceptors (Lipinski definition) is 2. The lowest BCUT2D eigenvalue weighted by Gasteiger charge is -2.23. The highest BCUT2D eigenvalue weighted by molar-refractivity contribution is 5.99. The number of aromatic nitrogens is 2. The first kappa shape index (κ1) is 17.9. The molecule has 134 valence electrons. The van der Waals surface area contributed by atoms with Gasteiger partial charge < -0.3 is 0 Å². The van der Waals surface area contributed by atoms with Gasteiger partial charge in [-0.1, -0.05) is 52.8 Å². The summed E-state index contributed by atoms with van der Waals surface area (Å²) in [7, 11) is 0. The summed E-state index contributed by atoms with van der Waals surface area (Å²) in [6, 6.07) is 10.2. The van der Waals surface area contributed by atoms with E-state index in [1.807, 2.05) is 22.9 Å². The van der Waals surface area contributed by atoms with E-state index in [0.29, 0.717) is 23.7 Å². The van der Waals surface area contributed by atoms with Crippen LogP contribution in [-0.4, -0.2) is 15.6 Å². The van der Waals surface area contributed by atoms with Crippen LogP contribution >= 0.6 is 0 Å². The Labute approximate surface area is 151 Å². The van der Waals surface area contributed by atoms with Crippen molar-refractivity contribution in [2.45, 2.75) is 60.3 Å². The normalized spacial score (nSPS) is 18.9. The van der Waals surface area contributed by atoms with Crippen LogP contribution in [0.4, 0.5) is 0 Å². The average molecular weight is 338 g/mol. The van der Waals surface area contributed by atoms with Gasteiger partial charge in [-0.25, -0.2) is 4.68 Å². The van der Waals surface area contributed by atoms with Crippen molar-refractivity contribution in [1.29, 1.82) is 0 Å². The van der Waals surface area contributed by atoms with Gasteiger partial charge in [0.2, 0.25) is 0 Å². The Hall–Kier alpha value is -1.90. The Kier molecular flexibility index (Phi) is 4.86. The Morgan fingerprint density at radius 1 is 1.20 bits per heavy atom. The molecule has 0 fully saturated rings. The van der Waals surface area contributed by atoms with Crippen molar-refractivity contribution < 1.29 is 4.79 Å². The minimum absolute atomic E-state index is 0.272. The maximum atomic E-state index is 12.8. The van der Waals surface area contributed by atoms with Crippen LogP contribution in [0, 0.1) is 17.3 Å². The summed E-state index contributed by atoms with van der Waals surface area (Å²) >= 11 is 0. The summed E-state index contributed by atoms with van der Waals surface area (Å²) in [5, 5.41) is 4.91. The Morgan fingerprint density at radius 3 is 2.52 bits per heavy atom. The van der Waals surface area contributed by atoms with Crippen LogP contribution in [0.2, 0.25) is 0 Å². The van der Waals surface area contributed by atoms with Crippen molar-refractivity contribution in [3.8, 4) is 5.69 Å². The molecule has 0 saturated carbocycles. The number of rotatable bonds is 4. The molecule has 25 heavy (non-hydrogen) atoms. The van der Waals surface area contributed by atoms with Crippen LogP contribution in [0.3, 0.4) is 0 Å². The van der Waals surface area contributed by atoms with Crippen LogP contribution in [0.15, 0.2) is 30.3 Å². The number of nitrogens with zero attached hydrogens (tertiary/aromatic N) is 2. The third kappa shape index (κ3) is 4.02. The highest BCUT2D eigenvalue weighted by Gasteiger charge is 2.31. The summed E-state index contributed by atoms with van der Waals surface area (Å²) in [6.45, 7) is 11.2. The van der Waals surface area contributed by atoms with Crippen LogP contribution in [0.1, 0.15) is 69.2 Å². The van der Waals surface area contributed by atoms with Crippen molar-refractivity contribution in [3.63, 3.8) is 0 Å². The maximum Gasteiger partial charge on any atom is 0.166 e. The number of carbonyl (C=O) groups excluding carboxylic acids is 1. The zero-order chi connectivity index (χ0) is 18.2. The monoisotopic (exact) mass is 338 g/mol. The quantitative estimate of drug-likeness (QED) is 0.763. The predicted molar refractivity (Wildman–Crippen MR) is 102 cm³/mol. The third-order valence-electron chi connectivity index (χ3n) is 4.91. The molecule has 0 spiro atoms. The first-order valence-electron chi connectivity index (χ1n) is 9.44. The van der Waals surface area contributed by atoms with Gasteiger partial charge in [-0.15, -0.1) is 0 Å². The molecule has 3 heteroatoms. The van der Waals surface area contributed by atoms with Gasteiger partial charge >= 0.3 is 0 Å². The van der Waals surface area contributed by atoms with Gasteiger partial charge in [0.1, 0.15) is 0 Å². The smallest absolute Gasteiger partial charge is 0.166 e. The molecule has 3 nitrogen and oxygen atoms in total. The number of para-hydroxylation sites is 1. The number of fused-ring (bicyclic) bond motifs is 1. The molecule has 1 heterocycles.